The predicted molar refractivity (Wildman–Crippen MR) is 93.9 cm³/mol. The molecule has 0 bridgehead atoms. The van der Waals surface area contributed by atoms with Gasteiger partial charge in [0.2, 0.25) is 19.5 Å². The van der Waals surface area contributed by atoms with Gasteiger partial charge < -0.3 is 29.6 Å². The molecule has 0 saturated carbocycles. The molecule has 27 heavy (non-hydrogen) atoms. The lowest BCUT2D eigenvalue weighted by Gasteiger charge is -2.14. The van der Waals surface area contributed by atoms with Crippen molar-refractivity contribution in [1.82, 2.24) is 10.6 Å². The van der Waals surface area contributed by atoms with Gasteiger partial charge in [0.1, 0.15) is 6.04 Å². The van der Waals surface area contributed by atoms with Crippen molar-refractivity contribution in [1.29, 1.82) is 0 Å². The number of fused-ring (bicyclic) bond motifs is 2. The molecule has 2 amide bonds. The summed E-state index contributed by atoms with van der Waals surface area (Å²) in [5.74, 6) is 1.81. The van der Waals surface area contributed by atoms with E-state index in [1.807, 2.05) is 12.1 Å². The maximum absolute atomic E-state index is 12.3. The van der Waals surface area contributed by atoms with Crippen LogP contribution in [0.4, 0.5) is 0 Å². The van der Waals surface area contributed by atoms with Crippen LogP contribution in [0.3, 0.4) is 0 Å². The van der Waals surface area contributed by atoms with Crippen LogP contribution in [-0.4, -0.2) is 31.4 Å². The SMILES string of the molecule is C[C@@H](NC(=O)c1ccc2c(c1)OCO2)C(=O)NCc1ccc2c(c1)OCO2. The third-order valence-corrected chi connectivity index (χ3v) is 4.28. The van der Waals surface area contributed by atoms with Crippen molar-refractivity contribution < 1.29 is 28.5 Å². The largest absolute Gasteiger partial charge is 0.454 e. The average Bonchev–Trinajstić information content (AvgIpc) is 3.33. The van der Waals surface area contributed by atoms with Gasteiger partial charge in [-0.25, -0.2) is 0 Å². The van der Waals surface area contributed by atoms with E-state index in [1.54, 1.807) is 31.2 Å². The van der Waals surface area contributed by atoms with Crippen LogP contribution in [0.25, 0.3) is 0 Å². The second-order valence-electron chi connectivity index (χ2n) is 6.17. The fraction of sp³-hybridized carbons (Fsp3) is 0.263. The van der Waals surface area contributed by atoms with Gasteiger partial charge >= 0.3 is 0 Å². The highest BCUT2D eigenvalue weighted by molar-refractivity contribution is 5.98. The van der Waals surface area contributed by atoms with Gasteiger partial charge in [-0.05, 0) is 42.8 Å². The molecule has 0 radical (unpaired) electrons. The quantitative estimate of drug-likeness (QED) is 0.830. The summed E-state index contributed by atoms with van der Waals surface area (Å²) in [5.41, 5.74) is 1.27. The molecule has 2 aliphatic heterocycles. The number of benzene rings is 2. The Kier molecular flexibility index (Phi) is 4.45. The Bertz CT molecular complexity index is 898. The van der Waals surface area contributed by atoms with Crippen molar-refractivity contribution in [3.05, 3.63) is 47.5 Å². The van der Waals surface area contributed by atoms with Gasteiger partial charge in [-0.15, -0.1) is 0 Å². The second kappa shape index (κ2) is 7.06. The monoisotopic (exact) mass is 370 g/mol. The zero-order valence-corrected chi connectivity index (χ0v) is 14.6. The van der Waals surface area contributed by atoms with Gasteiger partial charge in [0.05, 0.1) is 0 Å². The minimum absolute atomic E-state index is 0.138. The first-order valence-electron chi connectivity index (χ1n) is 8.47. The number of carbonyl (C=O) groups excluding carboxylic acids is 2. The number of hydrogen-bond donors (Lipinski definition) is 2. The summed E-state index contributed by atoms with van der Waals surface area (Å²) in [4.78, 5) is 24.6. The van der Waals surface area contributed by atoms with Crippen LogP contribution < -0.4 is 29.6 Å². The molecule has 2 aliphatic rings. The molecule has 2 N–H and O–H groups in total. The Morgan fingerprint density at radius 1 is 0.926 bits per heavy atom. The molecule has 2 aromatic carbocycles. The minimum atomic E-state index is -0.697. The van der Waals surface area contributed by atoms with Crippen LogP contribution in [0.15, 0.2) is 36.4 Å². The predicted octanol–water partition coefficient (Wildman–Crippen LogP) is 1.58. The van der Waals surface area contributed by atoms with E-state index in [-0.39, 0.29) is 25.4 Å². The number of ether oxygens (including phenoxy) is 4. The lowest BCUT2D eigenvalue weighted by molar-refractivity contribution is -0.122. The van der Waals surface area contributed by atoms with Crippen molar-refractivity contribution in [2.45, 2.75) is 19.5 Å². The Morgan fingerprint density at radius 3 is 2.30 bits per heavy atom. The smallest absolute Gasteiger partial charge is 0.252 e. The maximum atomic E-state index is 12.3. The van der Waals surface area contributed by atoms with Crippen LogP contribution in [0.5, 0.6) is 23.0 Å². The minimum Gasteiger partial charge on any atom is -0.454 e. The van der Waals surface area contributed by atoms with Crippen molar-refractivity contribution >= 4 is 11.8 Å². The number of hydrogen-bond acceptors (Lipinski definition) is 6. The van der Waals surface area contributed by atoms with Crippen LogP contribution in [0.2, 0.25) is 0 Å². The Hall–Kier alpha value is -3.42. The molecule has 8 nitrogen and oxygen atoms in total. The highest BCUT2D eigenvalue weighted by Gasteiger charge is 2.20. The zero-order valence-electron chi connectivity index (χ0n) is 14.6. The van der Waals surface area contributed by atoms with E-state index in [2.05, 4.69) is 10.6 Å². The molecule has 0 fully saturated rings. The zero-order chi connectivity index (χ0) is 18.8. The summed E-state index contributed by atoms with van der Waals surface area (Å²) >= 11 is 0. The summed E-state index contributed by atoms with van der Waals surface area (Å²) in [6.45, 7) is 2.28. The van der Waals surface area contributed by atoms with E-state index in [4.69, 9.17) is 18.9 Å². The first kappa shape index (κ1) is 17.0. The lowest BCUT2D eigenvalue weighted by atomic mass is 10.1. The highest BCUT2D eigenvalue weighted by atomic mass is 16.7. The molecule has 4 rings (SSSR count). The molecule has 1 atom stereocenters. The molecule has 2 aromatic rings. The highest BCUT2D eigenvalue weighted by Crippen LogP contribution is 2.33. The van der Waals surface area contributed by atoms with Gasteiger partial charge in [0.15, 0.2) is 23.0 Å². The molecular formula is C19H18N2O6. The molecule has 0 spiro atoms. The Balaban J connectivity index is 1.31. The van der Waals surface area contributed by atoms with E-state index < -0.39 is 6.04 Å². The topological polar surface area (TPSA) is 95.1 Å². The van der Waals surface area contributed by atoms with Crippen molar-refractivity contribution in [3.63, 3.8) is 0 Å². The number of rotatable bonds is 5. The lowest BCUT2D eigenvalue weighted by Crippen LogP contribution is -2.44. The van der Waals surface area contributed by atoms with E-state index in [0.717, 1.165) is 5.56 Å². The van der Waals surface area contributed by atoms with Crippen molar-refractivity contribution in [3.8, 4) is 23.0 Å². The number of nitrogens with one attached hydrogen (secondary N) is 2. The second-order valence-corrected chi connectivity index (χ2v) is 6.17. The maximum Gasteiger partial charge on any atom is 0.252 e. The Morgan fingerprint density at radius 2 is 1.56 bits per heavy atom. The number of carbonyl (C=O) groups is 2. The molecule has 0 aliphatic carbocycles. The van der Waals surface area contributed by atoms with E-state index in [1.165, 1.54) is 0 Å². The van der Waals surface area contributed by atoms with Crippen molar-refractivity contribution in [2.24, 2.45) is 0 Å². The van der Waals surface area contributed by atoms with E-state index in [9.17, 15) is 9.59 Å². The molecule has 0 unspecified atom stereocenters. The fourth-order valence-corrected chi connectivity index (χ4v) is 2.78. The van der Waals surface area contributed by atoms with Crippen LogP contribution in [0, 0.1) is 0 Å². The van der Waals surface area contributed by atoms with Crippen LogP contribution in [-0.2, 0) is 11.3 Å². The summed E-state index contributed by atoms with van der Waals surface area (Å²) < 4.78 is 21.1. The summed E-state index contributed by atoms with van der Waals surface area (Å²) in [6.07, 6.45) is 0. The van der Waals surface area contributed by atoms with E-state index in [0.29, 0.717) is 35.1 Å². The fourth-order valence-electron chi connectivity index (χ4n) is 2.78. The molecule has 0 saturated heterocycles. The van der Waals surface area contributed by atoms with Crippen LogP contribution in [0.1, 0.15) is 22.8 Å². The summed E-state index contributed by atoms with van der Waals surface area (Å²) in [7, 11) is 0. The molecule has 0 aromatic heterocycles. The summed E-state index contributed by atoms with van der Waals surface area (Å²) in [6, 6.07) is 9.66. The van der Waals surface area contributed by atoms with Gasteiger partial charge in [-0.3, -0.25) is 9.59 Å². The van der Waals surface area contributed by atoms with Gasteiger partial charge in [-0.1, -0.05) is 6.07 Å². The summed E-state index contributed by atoms with van der Waals surface area (Å²) in [5, 5.41) is 5.47. The molecular weight excluding hydrogens is 352 g/mol. The standard InChI is InChI=1S/C19H18N2O6/c1-11(21-19(23)13-3-5-15-17(7-13)27-10-25-15)18(22)20-8-12-2-4-14-16(6-12)26-9-24-14/h2-7,11H,8-10H2,1H3,(H,20,22)(H,21,23)/t11-/m1/s1. The molecule has 8 heteroatoms. The number of amides is 2. The Labute approximate surface area is 155 Å². The molecule has 2 heterocycles. The third kappa shape index (κ3) is 3.59. The van der Waals surface area contributed by atoms with E-state index >= 15 is 0 Å². The first-order chi connectivity index (χ1) is 13.1. The van der Waals surface area contributed by atoms with Gasteiger partial charge in [0.25, 0.3) is 5.91 Å². The third-order valence-electron chi connectivity index (χ3n) is 4.28. The van der Waals surface area contributed by atoms with Crippen LogP contribution >= 0.6 is 0 Å². The van der Waals surface area contributed by atoms with Gasteiger partial charge in [-0.2, -0.15) is 0 Å². The molecule has 140 valence electrons. The average molecular weight is 370 g/mol. The normalized spacial score (nSPS) is 14.6. The first-order valence-corrected chi connectivity index (χ1v) is 8.47. The van der Waals surface area contributed by atoms with Gasteiger partial charge in [0, 0.05) is 12.1 Å². The van der Waals surface area contributed by atoms with Crippen molar-refractivity contribution in [2.75, 3.05) is 13.6 Å².